The molecule has 1 aromatic rings. The third-order valence-corrected chi connectivity index (χ3v) is 2.47. The van der Waals surface area contributed by atoms with Gasteiger partial charge in [-0.05, 0) is 6.42 Å². The highest BCUT2D eigenvalue weighted by Gasteiger charge is 2.27. The van der Waals surface area contributed by atoms with Crippen LogP contribution in [0.5, 0.6) is 6.01 Å². The number of anilines is 2. The standard InChI is InChI=1S/C9H17N5O3/c1-3-9(4-15,5-16)14-7-11-6(10)12-8(13-7)17-2/h15-16H,3-5H2,1-2H3,(H3,10,11,12,13,14). The average Bonchev–Trinajstić information content (AvgIpc) is 2.35. The van der Waals surface area contributed by atoms with Gasteiger partial charge in [-0.15, -0.1) is 0 Å². The second-order valence-corrected chi connectivity index (χ2v) is 3.58. The molecule has 0 saturated carbocycles. The maximum Gasteiger partial charge on any atom is 0.322 e. The Bertz CT molecular complexity index is 361. The number of nitrogens with one attached hydrogen (secondary N) is 1. The molecule has 0 aliphatic heterocycles. The summed E-state index contributed by atoms with van der Waals surface area (Å²) in [5.41, 5.74) is 4.58. The van der Waals surface area contributed by atoms with Gasteiger partial charge >= 0.3 is 6.01 Å². The molecule has 0 atom stereocenters. The minimum Gasteiger partial charge on any atom is -0.467 e. The topological polar surface area (TPSA) is 126 Å². The molecule has 0 radical (unpaired) electrons. The monoisotopic (exact) mass is 243 g/mol. The zero-order valence-corrected chi connectivity index (χ0v) is 9.84. The Kier molecular flexibility index (Phi) is 4.41. The van der Waals surface area contributed by atoms with Gasteiger partial charge in [0.15, 0.2) is 0 Å². The normalized spacial score (nSPS) is 11.3. The van der Waals surface area contributed by atoms with Crippen LogP contribution in [0.4, 0.5) is 11.9 Å². The Balaban J connectivity index is 2.96. The average molecular weight is 243 g/mol. The van der Waals surface area contributed by atoms with E-state index < -0.39 is 5.54 Å². The first-order chi connectivity index (χ1) is 8.09. The number of aromatic nitrogens is 3. The highest BCUT2D eigenvalue weighted by Crippen LogP contribution is 2.17. The highest BCUT2D eigenvalue weighted by atomic mass is 16.5. The van der Waals surface area contributed by atoms with Crippen molar-refractivity contribution in [3.8, 4) is 6.01 Å². The van der Waals surface area contributed by atoms with Crippen LogP contribution in [0.2, 0.25) is 0 Å². The first kappa shape index (κ1) is 13.4. The summed E-state index contributed by atoms with van der Waals surface area (Å²) in [6.07, 6.45) is 0.494. The number of aliphatic hydroxyl groups excluding tert-OH is 2. The molecule has 8 nitrogen and oxygen atoms in total. The Hall–Kier alpha value is -1.67. The van der Waals surface area contributed by atoms with E-state index in [1.54, 1.807) is 0 Å². The van der Waals surface area contributed by atoms with E-state index >= 15 is 0 Å². The molecular weight excluding hydrogens is 226 g/mol. The molecule has 5 N–H and O–H groups in total. The number of rotatable bonds is 6. The number of nitrogen functional groups attached to an aromatic ring is 1. The predicted octanol–water partition coefficient (Wildman–Crippen LogP) is -0.992. The number of nitrogens with two attached hydrogens (primary N) is 1. The van der Waals surface area contributed by atoms with Crippen LogP contribution in [-0.4, -0.2) is 51.0 Å². The van der Waals surface area contributed by atoms with Gasteiger partial charge in [0.25, 0.3) is 0 Å². The first-order valence-electron chi connectivity index (χ1n) is 5.14. The van der Waals surface area contributed by atoms with E-state index in [9.17, 15) is 10.2 Å². The van der Waals surface area contributed by atoms with Crippen LogP contribution in [0, 0.1) is 0 Å². The molecule has 0 aromatic carbocycles. The summed E-state index contributed by atoms with van der Waals surface area (Å²) in [5, 5.41) is 21.4. The lowest BCUT2D eigenvalue weighted by molar-refractivity contribution is 0.132. The summed E-state index contributed by atoms with van der Waals surface area (Å²) in [6.45, 7) is 1.31. The molecule has 0 aliphatic rings. The van der Waals surface area contributed by atoms with Crippen LogP contribution < -0.4 is 15.8 Å². The Morgan fingerprint density at radius 1 is 1.29 bits per heavy atom. The van der Waals surface area contributed by atoms with Crippen molar-refractivity contribution in [2.45, 2.75) is 18.9 Å². The van der Waals surface area contributed by atoms with E-state index in [-0.39, 0.29) is 31.1 Å². The van der Waals surface area contributed by atoms with E-state index in [1.807, 2.05) is 6.92 Å². The molecule has 1 aromatic heterocycles. The zero-order valence-electron chi connectivity index (χ0n) is 9.84. The SMILES string of the molecule is CCC(CO)(CO)Nc1nc(N)nc(OC)n1. The van der Waals surface area contributed by atoms with Crippen LogP contribution in [-0.2, 0) is 0 Å². The number of nitrogens with zero attached hydrogens (tertiary/aromatic N) is 3. The van der Waals surface area contributed by atoms with E-state index in [4.69, 9.17) is 10.5 Å². The number of ether oxygens (including phenoxy) is 1. The van der Waals surface area contributed by atoms with Gasteiger partial charge in [0.05, 0.1) is 25.9 Å². The van der Waals surface area contributed by atoms with Crippen LogP contribution in [0.3, 0.4) is 0 Å². The molecule has 17 heavy (non-hydrogen) atoms. The lowest BCUT2D eigenvalue weighted by atomic mass is 9.99. The maximum absolute atomic E-state index is 9.28. The fraction of sp³-hybridized carbons (Fsp3) is 0.667. The summed E-state index contributed by atoms with van der Waals surface area (Å²) in [4.78, 5) is 11.5. The quantitative estimate of drug-likeness (QED) is 0.501. The van der Waals surface area contributed by atoms with Gasteiger partial charge in [0.1, 0.15) is 0 Å². The Morgan fingerprint density at radius 3 is 2.41 bits per heavy atom. The van der Waals surface area contributed by atoms with Gasteiger partial charge in [-0.25, -0.2) is 0 Å². The molecule has 0 fully saturated rings. The third kappa shape index (κ3) is 3.14. The van der Waals surface area contributed by atoms with E-state index in [0.29, 0.717) is 6.42 Å². The molecule has 0 amide bonds. The fourth-order valence-corrected chi connectivity index (χ4v) is 1.20. The molecule has 0 unspecified atom stereocenters. The summed E-state index contributed by atoms with van der Waals surface area (Å²) in [5.74, 6) is 0.152. The minimum absolute atomic E-state index is 0.000215. The van der Waals surface area contributed by atoms with Crippen molar-refractivity contribution in [3.63, 3.8) is 0 Å². The smallest absolute Gasteiger partial charge is 0.322 e. The summed E-state index contributed by atoms with van der Waals surface area (Å²) >= 11 is 0. The molecule has 96 valence electrons. The zero-order chi connectivity index (χ0) is 12.9. The number of hydrogen-bond acceptors (Lipinski definition) is 8. The van der Waals surface area contributed by atoms with E-state index in [2.05, 4.69) is 20.3 Å². The molecule has 0 saturated heterocycles. The largest absolute Gasteiger partial charge is 0.467 e. The minimum atomic E-state index is -0.890. The lowest BCUT2D eigenvalue weighted by Crippen LogP contribution is -2.45. The van der Waals surface area contributed by atoms with Gasteiger partial charge < -0.3 is 26.0 Å². The summed E-state index contributed by atoms with van der Waals surface area (Å²) < 4.78 is 4.84. The van der Waals surface area contributed by atoms with Crippen molar-refractivity contribution in [2.24, 2.45) is 0 Å². The van der Waals surface area contributed by atoms with Gasteiger partial charge in [0, 0.05) is 0 Å². The molecule has 0 aliphatic carbocycles. The van der Waals surface area contributed by atoms with Gasteiger partial charge in [-0.2, -0.15) is 15.0 Å². The van der Waals surface area contributed by atoms with Crippen LogP contribution in [0.15, 0.2) is 0 Å². The molecule has 8 heteroatoms. The van der Waals surface area contributed by atoms with Crippen molar-refractivity contribution in [2.75, 3.05) is 31.4 Å². The van der Waals surface area contributed by atoms with Crippen molar-refractivity contribution >= 4 is 11.9 Å². The Morgan fingerprint density at radius 2 is 1.94 bits per heavy atom. The molecule has 1 rings (SSSR count). The van der Waals surface area contributed by atoms with Crippen molar-refractivity contribution < 1.29 is 14.9 Å². The third-order valence-electron chi connectivity index (χ3n) is 2.47. The predicted molar refractivity (Wildman–Crippen MR) is 61.6 cm³/mol. The van der Waals surface area contributed by atoms with E-state index in [0.717, 1.165) is 0 Å². The van der Waals surface area contributed by atoms with Crippen LogP contribution in [0.1, 0.15) is 13.3 Å². The van der Waals surface area contributed by atoms with Gasteiger partial charge in [-0.3, -0.25) is 0 Å². The molecule has 0 bridgehead atoms. The molecular formula is C9H17N5O3. The van der Waals surface area contributed by atoms with Gasteiger partial charge in [-0.1, -0.05) is 6.92 Å². The van der Waals surface area contributed by atoms with Crippen molar-refractivity contribution in [1.29, 1.82) is 0 Å². The second kappa shape index (κ2) is 5.60. The highest BCUT2D eigenvalue weighted by molar-refractivity contribution is 5.35. The number of methoxy groups -OCH3 is 1. The Labute approximate surface area is 98.9 Å². The van der Waals surface area contributed by atoms with E-state index in [1.165, 1.54) is 7.11 Å². The summed E-state index contributed by atoms with van der Waals surface area (Å²) in [6, 6.07) is 0.0703. The lowest BCUT2D eigenvalue weighted by Gasteiger charge is -2.29. The van der Waals surface area contributed by atoms with Crippen LogP contribution in [0.25, 0.3) is 0 Å². The summed E-state index contributed by atoms with van der Waals surface area (Å²) in [7, 11) is 1.41. The molecule has 0 spiro atoms. The fourth-order valence-electron chi connectivity index (χ4n) is 1.20. The molecule has 1 heterocycles. The second-order valence-electron chi connectivity index (χ2n) is 3.58. The first-order valence-corrected chi connectivity index (χ1v) is 5.14. The van der Waals surface area contributed by atoms with Crippen molar-refractivity contribution in [1.82, 2.24) is 15.0 Å². The number of aliphatic hydroxyl groups is 2. The van der Waals surface area contributed by atoms with Crippen molar-refractivity contribution in [3.05, 3.63) is 0 Å². The maximum atomic E-state index is 9.28. The van der Waals surface area contributed by atoms with Crippen LogP contribution >= 0.6 is 0 Å². The number of hydrogen-bond donors (Lipinski definition) is 4. The van der Waals surface area contributed by atoms with Gasteiger partial charge in [0.2, 0.25) is 11.9 Å².